The van der Waals surface area contributed by atoms with Crippen LogP contribution in [0, 0.1) is 35.5 Å². The molecular formula is C26H41NO3. The van der Waals surface area contributed by atoms with E-state index in [2.05, 4.69) is 28.9 Å². The predicted octanol–water partition coefficient (Wildman–Crippen LogP) is 3.79. The zero-order chi connectivity index (χ0) is 21.3. The van der Waals surface area contributed by atoms with Crippen LogP contribution in [0.1, 0.15) is 58.8 Å². The number of allylic oxidation sites excluding steroid dienone is 1. The van der Waals surface area contributed by atoms with Gasteiger partial charge in [0, 0.05) is 18.9 Å². The average Bonchev–Trinajstić information content (AvgIpc) is 3.27. The number of likely N-dealkylation sites (tertiary alicyclic amines) is 1. The lowest BCUT2D eigenvalue weighted by molar-refractivity contribution is 0.114. The Bertz CT molecular complexity index is 640. The minimum atomic E-state index is -0.498. The van der Waals surface area contributed by atoms with Crippen LogP contribution < -0.4 is 0 Å². The first-order valence-electron chi connectivity index (χ1n) is 12.0. The average molecular weight is 416 g/mol. The lowest BCUT2D eigenvalue weighted by Gasteiger charge is -2.25. The highest BCUT2D eigenvalue weighted by Gasteiger charge is 2.45. The largest absolute Gasteiger partial charge is 0.392 e. The molecule has 0 spiro atoms. The molecule has 1 heterocycles. The molecule has 0 radical (unpaired) electrons. The Balaban J connectivity index is 1.42. The van der Waals surface area contributed by atoms with Gasteiger partial charge in [-0.2, -0.15) is 0 Å². The summed E-state index contributed by atoms with van der Waals surface area (Å²) in [6.45, 7) is 8.89. The highest BCUT2D eigenvalue weighted by atomic mass is 16.5. The molecule has 0 unspecified atom stereocenters. The topological polar surface area (TPSA) is 52.9 Å². The van der Waals surface area contributed by atoms with Crippen LogP contribution in [0.3, 0.4) is 0 Å². The summed E-state index contributed by atoms with van der Waals surface area (Å²) in [6, 6.07) is 0. The van der Waals surface area contributed by atoms with E-state index in [1.165, 1.54) is 37.9 Å². The Morgan fingerprint density at radius 3 is 2.80 bits per heavy atom. The maximum absolute atomic E-state index is 10.5. The van der Waals surface area contributed by atoms with Crippen molar-refractivity contribution < 1.29 is 14.9 Å². The van der Waals surface area contributed by atoms with Crippen LogP contribution in [0.5, 0.6) is 0 Å². The van der Waals surface area contributed by atoms with Crippen molar-refractivity contribution in [1.29, 1.82) is 0 Å². The monoisotopic (exact) mass is 415 g/mol. The fraction of sp³-hybridized carbons (Fsp3) is 0.769. The summed E-state index contributed by atoms with van der Waals surface area (Å²) in [5.41, 5.74) is 1.49. The van der Waals surface area contributed by atoms with E-state index in [1.54, 1.807) is 0 Å². The maximum Gasteiger partial charge on any atom is 0.0755 e. The normalized spacial score (nSPS) is 32.9. The smallest absolute Gasteiger partial charge is 0.0755 e. The van der Waals surface area contributed by atoms with Gasteiger partial charge < -0.3 is 19.8 Å². The van der Waals surface area contributed by atoms with Gasteiger partial charge in [0.15, 0.2) is 0 Å². The molecule has 1 aliphatic heterocycles. The number of nitrogens with zero attached hydrogens (tertiary/aromatic N) is 1. The molecule has 3 fully saturated rings. The third-order valence-corrected chi connectivity index (χ3v) is 7.32. The van der Waals surface area contributed by atoms with Crippen molar-refractivity contribution in [2.24, 2.45) is 23.7 Å². The fourth-order valence-electron chi connectivity index (χ4n) is 5.39. The van der Waals surface area contributed by atoms with Crippen LogP contribution in [0.2, 0.25) is 0 Å². The first-order chi connectivity index (χ1) is 14.6. The Labute approximate surface area is 183 Å². The SMILES string of the molecule is CC#CC[C@H](C)[C@H](O)C=C[C@@H]1[C@H]2CC(=CCOCCN3CCCCC3)C[C@H]2C[C@H]1O. The quantitative estimate of drug-likeness (QED) is 0.342. The van der Waals surface area contributed by atoms with Gasteiger partial charge in [0.1, 0.15) is 0 Å². The Morgan fingerprint density at radius 2 is 2.03 bits per heavy atom. The zero-order valence-electron chi connectivity index (χ0n) is 18.9. The van der Waals surface area contributed by atoms with Crippen LogP contribution in [-0.4, -0.2) is 60.2 Å². The molecule has 6 atom stereocenters. The Hall–Kier alpha value is -1.12. The van der Waals surface area contributed by atoms with Gasteiger partial charge in [-0.1, -0.05) is 37.1 Å². The van der Waals surface area contributed by atoms with Crippen molar-refractivity contribution in [2.75, 3.05) is 32.8 Å². The minimum Gasteiger partial charge on any atom is -0.392 e. The number of ether oxygens (including phenoxy) is 1. The van der Waals surface area contributed by atoms with Crippen LogP contribution in [0.4, 0.5) is 0 Å². The summed E-state index contributed by atoms with van der Waals surface area (Å²) in [5.74, 6) is 7.26. The van der Waals surface area contributed by atoms with E-state index in [-0.39, 0.29) is 17.9 Å². The molecule has 0 aromatic heterocycles. The summed E-state index contributed by atoms with van der Waals surface area (Å²) >= 11 is 0. The number of piperidine rings is 1. The first-order valence-corrected chi connectivity index (χ1v) is 12.0. The number of hydrogen-bond donors (Lipinski definition) is 2. The molecule has 3 rings (SSSR count). The van der Waals surface area contributed by atoms with Crippen LogP contribution in [-0.2, 0) is 4.74 Å². The van der Waals surface area contributed by atoms with Crippen molar-refractivity contribution in [3.63, 3.8) is 0 Å². The zero-order valence-corrected chi connectivity index (χ0v) is 18.9. The number of fused-ring (bicyclic) bond motifs is 1. The molecule has 0 bridgehead atoms. The van der Waals surface area contributed by atoms with Gasteiger partial charge in [0.05, 0.1) is 25.4 Å². The van der Waals surface area contributed by atoms with Gasteiger partial charge in [-0.15, -0.1) is 11.8 Å². The number of aliphatic hydroxyl groups is 2. The van der Waals surface area contributed by atoms with E-state index in [4.69, 9.17) is 4.74 Å². The second kappa shape index (κ2) is 12.1. The number of rotatable bonds is 9. The highest BCUT2D eigenvalue weighted by Crippen LogP contribution is 2.50. The molecule has 4 nitrogen and oxygen atoms in total. The van der Waals surface area contributed by atoms with Crippen molar-refractivity contribution >= 4 is 0 Å². The standard InChI is InChI=1S/C26H41NO3/c1-3-4-8-20(2)25(28)10-9-23-24-18-21(17-22(24)19-26(23)29)11-15-30-16-14-27-12-6-5-7-13-27/h9-11,20,22-26,28-29H,5-8,12-19H2,1-2H3/t20-,22-,23+,24-,25+,26+/m0/s1. The molecule has 2 aliphatic carbocycles. The molecule has 2 N–H and O–H groups in total. The van der Waals surface area contributed by atoms with E-state index in [9.17, 15) is 10.2 Å². The van der Waals surface area contributed by atoms with Gasteiger partial charge in [-0.25, -0.2) is 0 Å². The molecule has 2 saturated carbocycles. The molecule has 30 heavy (non-hydrogen) atoms. The fourth-order valence-corrected chi connectivity index (χ4v) is 5.39. The van der Waals surface area contributed by atoms with Gasteiger partial charge in [0.25, 0.3) is 0 Å². The Kier molecular flexibility index (Phi) is 9.46. The molecule has 4 heteroatoms. The molecule has 168 valence electrons. The summed E-state index contributed by atoms with van der Waals surface area (Å²) < 4.78 is 5.88. The van der Waals surface area contributed by atoms with Crippen LogP contribution in [0.15, 0.2) is 23.8 Å². The van der Waals surface area contributed by atoms with Gasteiger partial charge >= 0.3 is 0 Å². The summed E-state index contributed by atoms with van der Waals surface area (Å²) in [7, 11) is 0. The molecule has 0 aromatic carbocycles. The van der Waals surface area contributed by atoms with E-state index in [0.29, 0.717) is 24.9 Å². The maximum atomic E-state index is 10.5. The molecule has 0 aromatic rings. The van der Waals surface area contributed by atoms with Crippen molar-refractivity contribution in [3.8, 4) is 11.8 Å². The van der Waals surface area contributed by atoms with Crippen molar-refractivity contribution in [3.05, 3.63) is 23.8 Å². The van der Waals surface area contributed by atoms with E-state index >= 15 is 0 Å². The van der Waals surface area contributed by atoms with Crippen LogP contribution >= 0.6 is 0 Å². The number of hydrogen-bond acceptors (Lipinski definition) is 4. The minimum absolute atomic E-state index is 0.115. The summed E-state index contributed by atoms with van der Waals surface area (Å²) in [5, 5.41) is 20.9. The van der Waals surface area contributed by atoms with E-state index in [1.807, 2.05) is 19.9 Å². The molecule has 3 aliphatic rings. The van der Waals surface area contributed by atoms with Crippen LogP contribution in [0.25, 0.3) is 0 Å². The third-order valence-electron chi connectivity index (χ3n) is 7.32. The summed E-state index contributed by atoms with van der Waals surface area (Å²) in [6.07, 6.45) is 13.2. The van der Waals surface area contributed by atoms with E-state index in [0.717, 1.165) is 32.4 Å². The second-order valence-corrected chi connectivity index (χ2v) is 9.54. The first kappa shape index (κ1) is 23.5. The van der Waals surface area contributed by atoms with Gasteiger partial charge in [-0.3, -0.25) is 0 Å². The number of aliphatic hydroxyl groups excluding tert-OH is 2. The molecular weight excluding hydrogens is 374 g/mol. The van der Waals surface area contributed by atoms with Crippen molar-refractivity contribution in [1.82, 2.24) is 4.90 Å². The van der Waals surface area contributed by atoms with Crippen molar-refractivity contribution in [2.45, 2.75) is 71.0 Å². The van der Waals surface area contributed by atoms with E-state index < -0.39 is 6.10 Å². The lowest BCUT2D eigenvalue weighted by Crippen LogP contribution is -2.32. The summed E-state index contributed by atoms with van der Waals surface area (Å²) in [4.78, 5) is 2.51. The predicted molar refractivity (Wildman–Crippen MR) is 122 cm³/mol. The third kappa shape index (κ3) is 6.69. The molecule has 0 amide bonds. The Morgan fingerprint density at radius 1 is 1.23 bits per heavy atom. The second-order valence-electron chi connectivity index (χ2n) is 9.54. The molecule has 1 saturated heterocycles. The van der Waals surface area contributed by atoms with Gasteiger partial charge in [0.2, 0.25) is 0 Å². The van der Waals surface area contributed by atoms with Gasteiger partial charge in [-0.05, 0) is 69.9 Å². The highest BCUT2D eigenvalue weighted by molar-refractivity contribution is 5.18. The lowest BCUT2D eigenvalue weighted by atomic mass is 9.89.